The van der Waals surface area contributed by atoms with Crippen LogP contribution in [0.15, 0.2) is 17.0 Å². The summed E-state index contributed by atoms with van der Waals surface area (Å²) >= 11 is 12.1. The van der Waals surface area contributed by atoms with Gasteiger partial charge in [-0.1, -0.05) is 36.5 Å². The second-order valence-electron chi connectivity index (χ2n) is 5.05. The zero-order chi connectivity index (χ0) is 14.9. The van der Waals surface area contributed by atoms with E-state index in [1.807, 2.05) is 0 Å². The normalized spacial score (nSPS) is 22.0. The number of nitrogens with one attached hydrogen (secondary N) is 1. The van der Waals surface area contributed by atoms with E-state index in [4.69, 9.17) is 28.9 Å². The van der Waals surface area contributed by atoms with Gasteiger partial charge in [0.2, 0.25) is 10.0 Å². The van der Waals surface area contributed by atoms with Crippen LogP contribution in [0.4, 0.5) is 0 Å². The molecule has 0 amide bonds. The highest BCUT2D eigenvalue weighted by Crippen LogP contribution is 2.37. The molecule has 0 saturated heterocycles. The molecule has 4 nitrogen and oxygen atoms in total. The zero-order valence-corrected chi connectivity index (χ0v) is 13.5. The summed E-state index contributed by atoms with van der Waals surface area (Å²) in [4.78, 5) is 0.0474. The number of rotatable bonds is 6. The Bertz CT molecular complexity index is 605. The maximum atomic E-state index is 12.4. The predicted octanol–water partition coefficient (Wildman–Crippen LogP) is 2.92. The summed E-state index contributed by atoms with van der Waals surface area (Å²) < 4.78 is 27.4. The minimum absolute atomic E-state index is 0.0213. The molecule has 0 radical (unpaired) electrons. The average molecular weight is 337 g/mol. The first kappa shape index (κ1) is 16.0. The van der Waals surface area contributed by atoms with Crippen LogP contribution in [0.3, 0.4) is 0 Å². The van der Waals surface area contributed by atoms with Crippen LogP contribution in [0.1, 0.15) is 31.7 Å². The molecule has 0 spiro atoms. The first-order valence-electron chi connectivity index (χ1n) is 6.60. The van der Waals surface area contributed by atoms with Crippen molar-refractivity contribution < 1.29 is 8.42 Å². The Morgan fingerprint density at radius 2 is 2.10 bits per heavy atom. The molecular weight excluding hydrogens is 319 g/mol. The highest BCUT2D eigenvalue weighted by molar-refractivity contribution is 7.89. The van der Waals surface area contributed by atoms with Gasteiger partial charge in [-0.25, -0.2) is 13.1 Å². The van der Waals surface area contributed by atoms with Crippen molar-refractivity contribution in [1.82, 2.24) is 4.72 Å². The van der Waals surface area contributed by atoms with Crippen LogP contribution in [0, 0.1) is 5.92 Å². The van der Waals surface area contributed by atoms with Crippen molar-refractivity contribution in [2.45, 2.75) is 43.7 Å². The highest BCUT2D eigenvalue weighted by Gasteiger charge is 2.39. The highest BCUT2D eigenvalue weighted by atomic mass is 35.5. The van der Waals surface area contributed by atoms with E-state index in [0.29, 0.717) is 16.5 Å². The fraction of sp³-hybridized carbons (Fsp3) is 0.538. The summed E-state index contributed by atoms with van der Waals surface area (Å²) in [5, 5.41) is 0.493. The molecule has 3 N–H and O–H groups in total. The average Bonchev–Trinajstić information content (AvgIpc) is 3.07. The number of sulfonamides is 1. The lowest BCUT2D eigenvalue weighted by Crippen LogP contribution is -2.27. The van der Waals surface area contributed by atoms with E-state index in [2.05, 4.69) is 11.6 Å². The Balaban J connectivity index is 2.23. The molecule has 7 heteroatoms. The molecule has 1 aromatic rings. The SMILES string of the molecule is CCCC1CC1NS(=O)(=O)c1ccc(Cl)c(CN)c1Cl. The first-order chi connectivity index (χ1) is 9.40. The Hall–Kier alpha value is -0.330. The smallest absolute Gasteiger partial charge is 0.242 e. The van der Waals surface area contributed by atoms with Crippen molar-refractivity contribution in [2.24, 2.45) is 11.7 Å². The third kappa shape index (κ3) is 3.28. The molecule has 1 fully saturated rings. The number of nitrogens with two attached hydrogens (primary N) is 1. The van der Waals surface area contributed by atoms with Crippen LogP contribution in [0.5, 0.6) is 0 Å². The molecule has 1 aliphatic rings. The van der Waals surface area contributed by atoms with E-state index in [1.165, 1.54) is 12.1 Å². The van der Waals surface area contributed by atoms with Gasteiger partial charge >= 0.3 is 0 Å². The fourth-order valence-corrected chi connectivity index (χ4v) is 4.57. The molecule has 20 heavy (non-hydrogen) atoms. The number of benzene rings is 1. The summed E-state index contributed by atoms with van der Waals surface area (Å²) in [5.41, 5.74) is 6.01. The van der Waals surface area contributed by atoms with Crippen molar-refractivity contribution in [2.75, 3.05) is 0 Å². The molecule has 2 unspecified atom stereocenters. The summed E-state index contributed by atoms with van der Waals surface area (Å²) in [6.07, 6.45) is 2.99. The molecule has 2 rings (SSSR count). The van der Waals surface area contributed by atoms with Gasteiger partial charge in [0.25, 0.3) is 0 Å². The Morgan fingerprint density at radius 3 is 2.70 bits per heavy atom. The Labute approximate surface area is 129 Å². The number of halogens is 2. The lowest BCUT2D eigenvalue weighted by atomic mass is 10.2. The molecule has 1 saturated carbocycles. The molecule has 112 valence electrons. The zero-order valence-electron chi connectivity index (χ0n) is 11.2. The van der Waals surface area contributed by atoms with Gasteiger partial charge in [-0.15, -0.1) is 0 Å². The van der Waals surface area contributed by atoms with Crippen molar-refractivity contribution in [3.05, 3.63) is 27.7 Å². The monoisotopic (exact) mass is 336 g/mol. The maximum Gasteiger partial charge on any atom is 0.242 e. The van der Waals surface area contributed by atoms with Gasteiger partial charge in [-0.2, -0.15) is 0 Å². The van der Waals surface area contributed by atoms with Crippen LogP contribution in [-0.4, -0.2) is 14.5 Å². The molecule has 0 aromatic heterocycles. The van der Waals surface area contributed by atoms with Gasteiger partial charge in [0.1, 0.15) is 4.90 Å². The van der Waals surface area contributed by atoms with Gasteiger partial charge in [-0.3, -0.25) is 0 Å². The van der Waals surface area contributed by atoms with E-state index in [0.717, 1.165) is 19.3 Å². The largest absolute Gasteiger partial charge is 0.326 e. The second kappa shape index (κ2) is 6.20. The van der Waals surface area contributed by atoms with Crippen LogP contribution in [-0.2, 0) is 16.6 Å². The summed E-state index contributed by atoms with van der Waals surface area (Å²) in [7, 11) is -3.62. The van der Waals surface area contributed by atoms with Crippen molar-refractivity contribution >= 4 is 33.2 Å². The molecule has 2 atom stereocenters. The van der Waals surface area contributed by atoms with E-state index < -0.39 is 10.0 Å². The third-order valence-electron chi connectivity index (χ3n) is 3.53. The van der Waals surface area contributed by atoms with Gasteiger partial charge in [0.05, 0.1) is 5.02 Å². The van der Waals surface area contributed by atoms with Crippen LogP contribution >= 0.6 is 23.2 Å². The molecular formula is C13H18Cl2N2O2S. The van der Waals surface area contributed by atoms with Crippen molar-refractivity contribution in [3.8, 4) is 0 Å². The summed E-state index contributed by atoms with van der Waals surface area (Å²) in [6, 6.07) is 2.96. The van der Waals surface area contributed by atoms with Gasteiger partial charge in [0, 0.05) is 23.2 Å². The number of hydrogen-bond acceptors (Lipinski definition) is 3. The standard InChI is InChI=1S/C13H18Cl2N2O2S/c1-2-3-8-6-11(8)17-20(18,19)12-5-4-10(14)9(7-16)13(12)15/h4-5,8,11,17H,2-3,6-7,16H2,1H3. The minimum Gasteiger partial charge on any atom is -0.326 e. The fourth-order valence-electron chi connectivity index (χ4n) is 2.32. The first-order valence-corrected chi connectivity index (χ1v) is 8.83. The van der Waals surface area contributed by atoms with E-state index in [9.17, 15) is 8.42 Å². The van der Waals surface area contributed by atoms with Crippen LogP contribution < -0.4 is 10.5 Å². The second-order valence-corrected chi connectivity index (χ2v) is 7.52. The van der Waals surface area contributed by atoms with E-state index >= 15 is 0 Å². The predicted molar refractivity (Wildman–Crippen MR) is 81.5 cm³/mol. The van der Waals surface area contributed by atoms with E-state index in [-0.39, 0.29) is 22.5 Å². The van der Waals surface area contributed by atoms with Gasteiger partial charge in [0.15, 0.2) is 0 Å². The topological polar surface area (TPSA) is 72.2 Å². The Morgan fingerprint density at radius 1 is 1.40 bits per heavy atom. The number of hydrogen-bond donors (Lipinski definition) is 2. The van der Waals surface area contributed by atoms with E-state index in [1.54, 1.807) is 0 Å². The summed E-state index contributed by atoms with van der Waals surface area (Å²) in [5.74, 6) is 0.440. The third-order valence-corrected chi connectivity index (χ3v) is 5.96. The lowest BCUT2D eigenvalue weighted by Gasteiger charge is -2.12. The van der Waals surface area contributed by atoms with Gasteiger partial charge < -0.3 is 5.73 Å². The molecule has 1 aromatic carbocycles. The molecule has 0 bridgehead atoms. The quantitative estimate of drug-likeness (QED) is 0.838. The maximum absolute atomic E-state index is 12.4. The van der Waals surface area contributed by atoms with Crippen LogP contribution in [0.25, 0.3) is 0 Å². The Kier molecular flexibility index (Phi) is 4.97. The lowest BCUT2D eigenvalue weighted by molar-refractivity contribution is 0.573. The van der Waals surface area contributed by atoms with Crippen LogP contribution in [0.2, 0.25) is 10.0 Å². The molecule has 0 aliphatic heterocycles. The van der Waals surface area contributed by atoms with Gasteiger partial charge in [-0.05, 0) is 30.9 Å². The molecule has 1 aliphatic carbocycles. The summed E-state index contributed by atoms with van der Waals surface area (Å²) in [6.45, 7) is 2.19. The van der Waals surface area contributed by atoms with Crippen molar-refractivity contribution in [3.63, 3.8) is 0 Å². The minimum atomic E-state index is -3.62. The van der Waals surface area contributed by atoms with Crippen molar-refractivity contribution in [1.29, 1.82) is 0 Å². The molecule has 0 heterocycles.